The van der Waals surface area contributed by atoms with Crippen LogP contribution in [-0.4, -0.2) is 29.4 Å². The first-order valence-corrected chi connectivity index (χ1v) is 9.66. The lowest BCUT2D eigenvalue weighted by Crippen LogP contribution is -2.17. The molecule has 0 atom stereocenters. The Morgan fingerprint density at radius 1 is 1.10 bits per heavy atom. The third kappa shape index (κ3) is 5.51. The minimum absolute atomic E-state index is 0.0834. The van der Waals surface area contributed by atoms with Gasteiger partial charge in [-0.2, -0.15) is 5.10 Å². The summed E-state index contributed by atoms with van der Waals surface area (Å²) in [6.45, 7) is 0.351. The first-order valence-electron chi connectivity index (χ1n) is 8.87. The number of nitrogens with zero attached hydrogens (tertiary/aromatic N) is 1. The Bertz CT molecular complexity index is 1080. The first kappa shape index (κ1) is 21.2. The summed E-state index contributed by atoms with van der Waals surface area (Å²) in [4.78, 5) is 12.1. The number of ether oxygens (including phenoxy) is 2. The average Bonchev–Trinajstić information content (AvgIpc) is 2.74. The molecule has 0 aromatic heterocycles. The van der Waals surface area contributed by atoms with Gasteiger partial charge < -0.3 is 19.7 Å². The predicted molar refractivity (Wildman–Crippen MR) is 116 cm³/mol. The van der Waals surface area contributed by atoms with Crippen LogP contribution < -0.4 is 14.9 Å². The molecule has 0 spiro atoms. The third-order valence-electron chi connectivity index (χ3n) is 4.08. The van der Waals surface area contributed by atoms with Crippen LogP contribution in [0.15, 0.2) is 70.2 Å². The molecule has 7 nitrogen and oxygen atoms in total. The zero-order valence-corrected chi connectivity index (χ0v) is 17.6. The zero-order chi connectivity index (χ0) is 21.5. The number of benzene rings is 3. The molecule has 0 fully saturated rings. The second-order valence-corrected chi connectivity index (χ2v) is 7.15. The average molecular weight is 471 g/mol. The summed E-state index contributed by atoms with van der Waals surface area (Å²) in [5, 5.41) is 23.1. The highest BCUT2D eigenvalue weighted by Crippen LogP contribution is 2.28. The summed E-state index contributed by atoms with van der Waals surface area (Å²) in [7, 11) is 1.55. The second kappa shape index (κ2) is 9.80. The lowest BCUT2D eigenvalue weighted by molar-refractivity contribution is 0.0952. The number of hydrazone groups is 1. The first-order chi connectivity index (χ1) is 14.5. The van der Waals surface area contributed by atoms with Crippen molar-refractivity contribution in [2.24, 2.45) is 5.10 Å². The molecule has 0 aliphatic heterocycles. The van der Waals surface area contributed by atoms with Crippen LogP contribution >= 0.6 is 15.9 Å². The van der Waals surface area contributed by atoms with Crippen LogP contribution in [0.1, 0.15) is 21.5 Å². The largest absolute Gasteiger partial charge is 0.508 e. The molecule has 8 heteroatoms. The molecule has 0 saturated heterocycles. The second-order valence-electron chi connectivity index (χ2n) is 6.23. The van der Waals surface area contributed by atoms with E-state index in [0.29, 0.717) is 23.7 Å². The molecule has 3 rings (SSSR count). The van der Waals surface area contributed by atoms with Crippen LogP contribution in [0, 0.1) is 0 Å². The quantitative estimate of drug-likeness (QED) is 0.272. The summed E-state index contributed by atoms with van der Waals surface area (Å²) in [5.74, 6) is 0.0473. The maximum absolute atomic E-state index is 12.1. The fourth-order valence-corrected chi connectivity index (χ4v) is 3.05. The van der Waals surface area contributed by atoms with E-state index in [2.05, 4.69) is 26.5 Å². The normalized spacial score (nSPS) is 10.7. The van der Waals surface area contributed by atoms with Crippen LogP contribution in [0.4, 0.5) is 0 Å². The number of aromatic hydroxyl groups is 2. The molecule has 3 N–H and O–H groups in total. The highest BCUT2D eigenvalue weighted by atomic mass is 79.9. The minimum atomic E-state index is -0.653. The Labute approximate surface area is 181 Å². The highest BCUT2D eigenvalue weighted by molar-refractivity contribution is 9.10. The van der Waals surface area contributed by atoms with Crippen molar-refractivity contribution in [1.29, 1.82) is 0 Å². The Hall–Kier alpha value is -3.52. The Balaban J connectivity index is 1.69. The summed E-state index contributed by atoms with van der Waals surface area (Å²) in [6, 6.07) is 16.7. The fourth-order valence-electron chi connectivity index (χ4n) is 2.61. The molecule has 0 aliphatic rings. The molecule has 3 aromatic rings. The van der Waals surface area contributed by atoms with Crippen molar-refractivity contribution in [3.8, 4) is 23.0 Å². The van der Waals surface area contributed by atoms with Crippen molar-refractivity contribution in [2.75, 3.05) is 7.11 Å². The van der Waals surface area contributed by atoms with E-state index < -0.39 is 5.91 Å². The van der Waals surface area contributed by atoms with Crippen LogP contribution in [0.2, 0.25) is 0 Å². The van der Waals surface area contributed by atoms with E-state index in [9.17, 15) is 15.0 Å². The van der Waals surface area contributed by atoms with Crippen LogP contribution in [0.25, 0.3) is 0 Å². The Morgan fingerprint density at radius 3 is 2.70 bits per heavy atom. The van der Waals surface area contributed by atoms with Crippen molar-refractivity contribution in [3.63, 3.8) is 0 Å². The van der Waals surface area contributed by atoms with Gasteiger partial charge >= 0.3 is 0 Å². The van der Waals surface area contributed by atoms with E-state index in [1.807, 2.05) is 24.3 Å². The van der Waals surface area contributed by atoms with E-state index in [1.165, 1.54) is 18.3 Å². The van der Waals surface area contributed by atoms with Crippen LogP contribution in [0.5, 0.6) is 23.0 Å². The maximum atomic E-state index is 12.1. The van der Waals surface area contributed by atoms with Crippen LogP contribution in [0.3, 0.4) is 0 Å². The standard InChI is InChI=1S/C22H19BrN2O5/c1-29-20-8-5-14(10-21(20)30-13-15-3-2-4-16(23)9-15)12-24-25-22(28)18-11-17(26)6-7-19(18)27/h2-12,26-27H,13H2,1H3,(H,25,28)/b24-12+. The van der Waals surface area contributed by atoms with Crippen molar-refractivity contribution >= 4 is 28.1 Å². The smallest absolute Gasteiger partial charge is 0.275 e. The van der Waals surface area contributed by atoms with Gasteiger partial charge in [0.2, 0.25) is 0 Å². The van der Waals surface area contributed by atoms with Gasteiger partial charge in [0.25, 0.3) is 5.91 Å². The zero-order valence-electron chi connectivity index (χ0n) is 16.0. The number of carbonyl (C=O) groups excluding carboxylic acids is 1. The lowest BCUT2D eigenvalue weighted by atomic mass is 10.2. The van der Waals surface area contributed by atoms with Crippen molar-refractivity contribution in [1.82, 2.24) is 5.43 Å². The Morgan fingerprint density at radius 2 is 1.93 bits per heavy atom. The number of methoxy groups -OCH3 is 1. The van der Waals surface area contributed by atoms with E-state index in [0.717, 1.165) is 16.1 Å². The maximum Gasteiger partial charge on any atom is 0.275 e. The van der Waals surface area contributed by atoms with Gasteiger partial charge in [-0.05, 0) is 59.7 Å². The molecule has 154 valence electrons. The van der Waals surface area contributed by atoms with E-state index in [-0.39, 0.29) is 17.1 Å². The molecule has 1 amide bonds. The molecule has 0 aliphatic carbocycles. The van der Waals surface area contributed by atoms with Crippen molar-refractivity contribution < 1.29 is 24.5 Å². The van der Waals surface area contributed by atoms with Gasteiger partial charge in [0, 0.05) is 4.47 Å². The molecule has 30 heavy (non-hydrogen) atoms. The van der Waals surface area contributed by atoms with Gasteiger partial charge in [-0.1, -0.05) is 28.1 Å². The van der Waals surface area contributed by atoms with Crippen molar-refractivity contribution in [3.05, 3.63) is 81.8 Å². The van der Waals surface area contributed by atoms with E-state index in [4.69, 9.17) is 9.47 Å². The molecule has 0 radical (unpaired) electrons. The topological polar surface area (TPSA) is 100 Å². The fraction of sp³-hybridized carbons (Fsp3) is 0.0909. The number of nitrogens with one attached hydrogen (secondary N) is 1. The Kier molecular flexibility index (Phi) is 6.92. The number of hydrogen-bond acceptors (Lipinski definition) is 6. The van der Waals surface area contributed by atoms with Gasteiger partial charge in [-0.15, -0.1) is 0 Å². The number of carbonyl (C=O) groups is 1. The van der Waals surface area contributed by atoms with E-state index in [1.54, 1.807) is 25.3 Å². The number of hydrogen-bond donors (Lipinski definition) is 3. The minimum Gasteiger partial charge on any atom is -0.508 e. The van der Waals surface area contributed by atoms with Gasteiger partial charge in [-0.3, -0.25) is 4.79 Å². The SMILES string of the molecule is COc1ccc(/C=N/NC(=O)c2cc(O)ccc2O)cc1OCc1cccc(Br)c1. The molecule has 3 aromatic carbocycles. The highest BCUT2D eigenvalue weighted by Gasteiger charge is 2.11. The van der Waals surface area contributed by atoms with Gasteiger partial charge in [0.05, 0.1) is 18.9 Å². The number of halogens is 1. The predicted octanol–water partition coefficient (Wildman–Crippen LogP) is 4.21. The van der Waals surface area contributed by atoms with Gasteiger partial charge in [0.1, 0.15) is 18.1 Å². The lowest BCUT2D eigenvalue weighted by Gasteiger charge is -2.11. The number of amides is 1. The molecule has 0 saturated carbocycles. The summed E-state index contributed by atoms with van der Waals surface area (Å²) in [6.07, 6.45) is 1.43. The molecule has 0 bridgehead atoms. The van der Waals surface area contributed by atoms with E-state index >= 15 is 0 Å². The van der Waals surface area contributed by atoms with Gasteiger partial charge in [0.15, 0.2) is 11.5 Å². The summed E-state index contributed by atoms with van der Waals surface area (Å²) >= 11 is 3.43. The molecule has 0 unspecified atom stereocenters. The molecular formula is C22H19BrN2O5. The number of rotatable bonds is 7. The van der Waals surface area contributed by atoms with Gasteiger partial charge in [-0.25, -0.2) is 5.43 Å². The molecule has 0 heterocycles. The summed E-state index contributed by atoms with van der Waals surface area (Å²) in [5.41, 5.74) is 3.88. The molecular weight excluding hydrogens is 452 g/mol. The number of phenols is 2. The monoisotopic (exact) mass is 470 g/mol. The van der Waals surface area contributed by atoms with Crippen molar-refractivity contribution in [2.45, 2.75) is 6.61 Å². The summed E-state index contributed by atoms with van der Waals surface area (Å²) < 4.78 is 12.2. The third-order valence-corrected chi connectivity index (χ3v) is 4.57. The number of phenolic OH excluding ortho intramolecular Hbond substituents is 2. The van der Waals surface area contributed by atoms with Crippen LogP contribution in [-0.2, 0) is 6.61 Å².